The van der Waals surface area contributed by atoms with Crippen molar-refractivity contribution in [2.75, 3.05) is 0 Å². The van der Waals surface area contributed by atoms with Crippen molar-refractivity contribution in [1.29, 1.82) is 0 Å². The van der Waals surface area contributed by atoms with E-state index in [1.54, 1.807) is 6.92 Å². The summed E-state index contributed by atoms with van der Waals surface area (Å²) in [5.41, 5.74) is 0.297. The minimum atomic E-state index is -0.975. The Morgan fingerprint density at radius 2 is 2.06 bits per heavy atom. The SMILES string of the molecule is Cc1ccc(F)c(C2CCC2C(=O)O)c1F. The predicted molar refractivity (Wildman–Crippen MR) is 54.2 cm³/mol. The lowest BCUT2D eigenvalue weighted by molar-refractivity contribution is -0.145. The Labute approximate surface area is 91.9 Å². The summed E-state index contributed by atoms with van der Waals surface area (Å²) in [6.45, 7) is 1.55. The van der Waals surface area contributed by atoms with Crippen molar-refractivity contribution in [3.63, 3.8) is 0 Å². The predicted octanol–water partition coefficient (Wildman–Crippen LogP) is 2.85. The fraction of sp³-hybridized carbons (Fsp3) is 0.417. The number of carboxylic acids is 1. The van der Waals surface area contributed by atoms with E-state index in [1.165, 1.54) is 12.1 Å². The van der Waals surface area contributed by atoms with Gasteiger partial charge < -0.3 is 5.11 Å². The van der Waals surface area contributed by atoms with E-state index < -0.39 is 29.4 Å². The second-order valence-corrected chi connectivity index (χ2v) is 4.22. The van der Waals surface area contributed by atoms with Crippen LogP contribution in [0.1, 0.15) is 29.9 Å². The van der Waals surface area contributed by atoms with Crippen LogP contribution >= 0.6 is 0 Å². The molecule has 0 spiro atoms. The van der Waals surface area contributed by atoms with E-state index in [4.69, 9.17) is 5.11 Å². The molecule has 0 aliphatic heterocycles. The molecular formula is C12H12F2O2. The molecule has 0 radical (unpaired) electrons. The molecule has 2 atom stereocenters. The van der Waals surface area contributed by atoms with Crippen LogP contribution in [0.5, 0.6) is 0 Å². The lowest BCUT2D eigenvalue weighted by Crippen LogP contribution is -2.32. The molecule has 1 aromatic rings. The van der Waals surface area contributed by atoms with Gasteiger partial charge in [-0.25, -0.2) is 8.78 Å². The maximum Gasteiger partial charge on any atom is 0.307 e. The third kappa shape index (κ3) is 1.58. The van der Waals surface area contributed by atoms with Crippen molar-refractivity contribution >= 4 is 5.97 Å². The monoisotopic (exact) mass is 226 g/mol. The first-order valence-corrected chi connectivity index (χ1v) is 5.19. The Hall–Kier alpha value is -1.45. The number of hydrogen-bond donors (Lipinski definition) is 1. The Morgan fingerprint density at radius 1 is 1.38 bits per heavy atom. The zero-order chi connectivity index (χ0) is 11.9. The zero-order valence-electron chi connectivity index (χ0n) is 8.84. The van der Waals surface area contributed by atoms with Gasteiger partial charge in [0, 0.05) is 11.5 Å². The molecule has 0 bridgehead atoms. The molecule has 1 aliphatic rings. The molecule has 1 saturated carbocycles. The summed E-state index contributed by atoms with van der Waals surface area (Å²) in [6, 6.07) is 2.56. The minimum absolute atomic E-state index is 0.0568. The molecule has 0 amide bonds. The van der Waals surface area contributed by atoms with Crippen LogP contribution in [-0.4, -0.2) is 11.1 Å². The number of aryl methyl sites for hydroxylation is 1. The second kappa shape index (κ2) is 3.85. The van der Waals surface area contributed by atoms with Gasteiger partial charge in [0.2, 0.25) is 0 Å². The van der Waals surface area contributed by atoms with E-state index in [0.717, 1.165) is 0 Å². The van der Waals surface area contributed by atoms with Gasteiger partial charge >= 0.3 is 5.97 Å². The average Bonchev–Trinajstić information content (AvgIpc) is 2.15. The van der Waals surface area contributed by atoms with Crippen LogP contribution in [0.15, 0.2) is 12.1 Å². The summed E-state index contributed by atoms with van der Waals surface area (Å²) in [6.07, 6.45) is 1.03. The van der Waals surface area contributed by atoms with Gasteiger partial charge in [0.05, 0.1) is 5.92 Å². The molecule has 2 nitrogen and oxygen atoms in total. The van der Waals surface area contributed by atoms with E-state index in [0.29, 0.717) is 18.4 Å². The van der Waals surface area contributed by atoms with Gasteiger partial charge in [-0.1, -0.05) is 6.07 Å². The molecule has 1 fully saturated rings. The summed E-state index contributed by atoms with van der Waals surface area (Å²) in [5.74, 6) is -3.38. The Bertz CT molecular complexity index is 443. The smallest absolute Gasteiger partial charge is 0.307 e. The largest absolute Gasteiger partial charge is 0.481 e. The molecule has 86 valence electrons. The molecule has 0 heterocycles. The van der Waals surface area contributed by atoms with E-state index in [1.807, 2.05) is 0 Å². The number of rotatable bonds is 2. The lowest BCUT2D eigenvalue weighted by Gasteiger charge is -2.34. The van der Waals surface area contributed by atoms with Crippen LogP contribution in [0.3, 0.4) is 0 Å². The molecule has 16 heavy (non-hydrogen) atoms. The quantitative estimate of drug-likeness (QED) is 0.841. The zero-order valence-corrected chi connectivity index (χ0v) is 8.84. The van der Waals surface area contributed by atoms with Crippen LogP contribution in [0.2, 0.25) is 0 Å². The number of carbonyl (C=O) groups is 1. The first kappa shape index (κ1) is 11.0. The first-order valence-electron chi connectivity index (χ1n) is 5.19. The molecule has 0 aromatic heterocycles. The summed E-state index contributed by atoms with van der Waals surface area (Å²) in [7, 11) is 0. The van der Waals surface area contributed by atoms with Crippen molar-refractivity contribution in [2.24, 2.45) is 5.92 Å². The standard InChI is InChI=1S/C12H12F2O2/c1-6-2-5-9(13)10(11(6)14)7-3-4-8(7)12(15)16/h2,5,7-8H,3-4H2,1H3,(H,15,16). The van der Waals surface area contributed by atoms with E-state index >= 15 is 0 Å². The van der Waals surface area contributed by atoms with Gasteiger partial charge in [-0.15, -0.1) is 0 Å². The van der Waals surface area contributed by atoms with Crippen molar-refractivity contribution in [3.05, 3.63) is 34.9 Å². The molecule has 1 aliphatic carbocycles. The number of aliphatic carboxylic acids is 1. The summed E-state index contributed by atoms with van der Waals surface area (Å²) < 4.78 is 27.2. The van der Waals surface area contributed by atoms with Crippen molar-refractivity contribution < 1.29 is 18.7 Å². The molecule has 2 unspecified atom stereocenters. The third-order valence-electron chi connectivity index (χ3n) is 3.28. The highest BCUT2D eigenvalue weighted by Gasteiger charge is 2.40. The van der Waals surface area contributed by atoms with Gasteiger partial charge in [-0.3, -0.25) is 4.79 Å². The summed E-state index contributed by atoms with van der Waals surface area (Å²) in [4.78, 5) is 10.8. The van der Waals surface area contributed by atoms with Crippen LogP contribution < -0.4 is 0 Å². The highest BCUT2D eigenvalue weighted by molar-refractivity contribution is 5.72. The minimum Gasteiger partial charge on any atom is -0.481 e. The van der Waals surface area contributed by atoms with Gasteiger partial charge in [0.15, 0.2) is 0 Å². The number of carboxylic acid groups (broad SMARTS) is 1. The fourth-order valence-corrected chi connectivity index (χ4v) is 2.16. The lowest BCUT2D eigenvalue weighted by atomic mass is 9.69. The molecule has 2 rings (SSSR count). The molecule has 1 N–H and O–H groups in total. The highest BCUT2D eigenvalue weighted by Crippen LogP contribution is 2.44. The van der Waals surface area contributed by atoms with Gasteiger partial charge in [-0.05, 0) is 31.4 Å². The van der Waals surface area contributed by atoms with E-state index in [9.17, 15) is 13.6 Å². The van der Waals surface area contributed by atoms with Crippen molar-refractivity contribution in [1.82, 2.24) is 0 Å². The molecular weight excluding hydrogens is 214 g/mol. The molecule has 4 heteroatoms. The Morgan fingerprint density at radius 3 is 2.56 bits per heavy atom. The maximum absolute atomic E-state index is 13.7. The Kier molecular flexibility index (Phi) is 2.66. The summed E-state index contributed by atoms with van der Waals surface area (Å²) in [5, 5.41) is 8.87. The molecule has 1 aromatic carbocycles. The van der Waals surface area contributed by atoms with Crippen molar-refractivity contribution in [3.8, 4) is 0 Å². The van der Waals surface area contributed by atoms with Crippen LogP contribution in [0.25, 0.3) is 0 Å². The maximum atomic E-state index is 13.7. The fourth-order valence-electron chi connectivity index (χ4n) is 2.16. The highest BCUT2D eigenvalue weighted by atomic mass is 19.1. The van der Waals surface area contributed by atoms with Gasteiger partial charge in [0.25, 0.3) is 0 Å². The normalized spacial score (nSPS) is 23.9. The van der Waals surface area contributed by atoms with Crippen molar-refractivity contribution in [2.45, 2.75) is 25.7 Å². The van der Waals surface area contributed by atoms with Crippen LogP contribution in [0.4, 0.5) is 8.78 Å². The van der Waals surface area contributed by atoms with E-state index in [-0.39, 0.29) is 5.56 Å². The van der Waals surface area contributed by atoms with Gasteiger partial charge in [-0.2, -0.15) is 0 Å². The number of halogens is 2. The first-order chi connectivity index (χ1) is 7.52. The second-order valence-electron chi connectivity index (χ2n) is 4.22. The van der Waals surface area contributed by atoms with Gasteiger partial charge in [0.1, 0.15) is 11.6 Å². The molecule has 0 saturated heterocycles. The topological polar surface area (TPSA) is 37.3 Å². The number of benzene rings is 1. The van der Waals surface area contributed by atoms with E-state index in [2.05, 4.69) is 0 Å². The van der Waals surface area contributed by atoms with Crippen LogP contribution in [0, 0.1) is 24.5 Å². The number of hydrogen-bond acceptors (Lipinski definition) is 1. The third-order valence-corrected chi connectivity index (χ3v) is 3.28. The Balaban J connectivity index is 2.41. The average molecular weight is 226 g/mol. The van der Waals surface area contributed by atoms with Crippen LogP contribution in [-0.2, 0) is 4.79 Å². The summed E-state index contributed by atoms with van der Waals surface area (Å²) >= 11 is 0.